The highest BCUT2D eigenvalue weighted by Crippen LogP contribution is 2.11. The van der Waals surface area contributed by atoms with Gasteiger partial charge in [-0.3, -0.25) is 4.79 Å². The summed E-state index contributed by atoms with van der Waals surface area (Å²) >= 11 is 0. The van der Waals surface area contributed by atoms with Crippen LogP contribution in [0.25, 0.3) is 0 Å². The molecular weight excluding hydrogens is 297 g/mol. The molecule has 0 bridgehead atoms. The van der Waals surface area contributed by atoms with Gasteiger partial charge in [0.25, 0.3) is 11.9 Å². The van der Waals surface area contributed by atoms with Crippen molar-refractivity contribution in [2.75, 3.05) is 33.8 Å². The second-order valence-corrected chi connectivity index (χ2v) is 5.94. The molecule has 6 heteroatoms. The highest BCUT2D eigenvalue weighted by molar-refractivity contribution is 6.01. The van der Waals surface area contributed by atoms with Gasteiger partial charge in [0.1, 0.15) is 5.82 Å². The minimum Gasteiger partial charge on any atom is -0.465 e. The predicted molar refractivity (Wildman–Crippen MR) is 87.2 cm³/mol. The summed E-state index contributed by atoms with van der Waals surface area (Å²) in [6.45, 7) is 4.46. The predicted octanol–water partition coefficient (Wildman–Crippen LogP) is 0.967. The van der Waals surface area contributed by atoms with E-state index in [2.05, 4.69) is 12.0 Å². The maximum atomic E-state index is 13.3. The molecule has 1 aromatic carbocycles. The van der Waals surface area contributed by atoms with E-state index in [9.17, 15) is 9.18 Å². The largest absolute Gasteiger partial charge is 0.465 e. The molecule has 1 aliphatic heterocycles. The van der Waals surface area contributed by atoms with Crippen LogP contribution in [0.5, 0.6) is 0 Å². The number of piperidine rings is 1. The third-order valence-corrected chi connectivity index (χ3v) is 4.20. The van der Waals surface area contributed by atoms with Crippen molar-refractivity contribution in [3.05, 3.63) is 35.6 Å². The van der Waals surface area contributed by atoms with E-state index in [1.807, 2.05) is 18.9 Å². The maximum absolute atomic E-state index is 13.3. The first kappa shape index (κ1) is 17.4. The molecule has 1 saturated heterocycles. The van der Waals surface area contributed by atoms with Gasteiger partial charge in [-0.05, 0) is 25.1 Å². The minimum absolute atomic E-state index is 0.225. The highest BCUT2D eigenvalue weighted by atomic mass is 19.1. The summed E-state index contributed by atoms with van der Waals surface area (Å²) in [5, 5.41) is 0. The fraction of sp³-hybridized carbons (Fsp3) is 0.529. The van der Waals surface area contributed by atoms with Crippen molar-refractivity contribution in [2.45, 2.75) is 25.8 Å². The number of quaternary nitrogens is 1. The molecule has 23 heavy (non-hydrogen) atoms. The van der Waals surface area contributed by atoms with Gasteiger partial charge in [-0.25, -0.2) is 4.39 Å². The summed E-state index contributed by atoms with van der Waals surface area (Å²) in [4.78, 5) is 19.8. The van der Waals surface area contributed by atoms with Crippen molar-refractivity contribution >= 4 is 11.9 Å². The van der Waals surface area contributed by atoms with Crippen LogP contribution in [-0.2, 0) is 4.74 Å². The molecule has 0 saturated carbocycles. The van der Waals surface area contributed by atoms with E-state index in [-0.39, 0.29) is 5.56 Å². The summed E-state index contributed by atoms with van der Waals surface area (Å²) in [5.41, 5.74) is 0.225. The van der Waals surface area contributed by atoms with Crippen LogP contribution in [0.1, 0.15) is 30.1 Å². The zero-order chi connectivity index (χ0) is 16.8. The van der Waals surface area contributed by atoms with Gasteiger partial charge in [0.05, 0.1) is 26.7 Å². The number of benzene rings is 1. The van der Waals surface area contributed by atoms with Crippen molar-refractivity contribution in [3.63, 3.8) is 0 Å². The molecule has 1 aliphatic rings. The second kappa shape index (κ2) is 8.06. The van der Waals surface area contributed by atoms with E-state index in [1.165, 1.54) is 23.1 Å². The zero-order valence-corrected chi connectivity index (χ0v) is 14.0. The first-order valence-corrected chi connectivity index (χ1v) is 8.06. The molecule has 2 rings (SSSR count). The Hall–Kier alpha value is -1.95. The smallest absolute Gasteiger partial charge is 0.295 e. The van der Waals surface area contributed by atoms with Crippen LogP contribution < -0.4 is 4.90 Å². The van der Waals surface area contributed by atoms with E-state index >= 15 is 0 Å². The molecule has 1 amide bonds. The molecule has 1 aromatic rings. The van der Waals surface area contributed by atoms with Gasteiger partial charge in [-0.1, -0.05) is 6.07 Å². The van der Waals surface area contributed by atoms with Gasteiger partial charge < -0.3 is 14.5 Å². The number of carbonyl (C=O) groups excluding carboxylic acids is 1. The SMILES string of the molecule is CCOC(=NC(=O)c1cccc(F)c1)N(C)C1CC[NH+](C)CC1. The first-order valence-electron chi connectivity index (χ1n) is 8.06. The number of carbonyl (C=O) groups is 1. The molecule has 5 nitrogen and oxygen atoms in total. The molecule has 126 valence electrons. The summed E-state index contributed by atoms with van der Waals surface area (Å²) in [5.74, 6) is -0.936. The topological polar surface area (TPSA) is 46.3 Å². The fourth-order valence-electron chi connectivity index (χ4n) is 2.75. The van der Waals surface area contributed by atoms with Crippen LogP contribution in [0, 0.1) is 5.82 Å². The number of hydrogen-bond acceptors (Lipinski definition) is 2. The van der Waals surface area contributed by atoms with E-state index in [1.54, 1.807) is 6.07 Å². The number of nitrogens with zero attached hydrogens (tertiary/aromatic N) is 2. The fourth-order valence-corrected chi connectivity index (χ4v) is 2.75. The number of likely N-dealkylation sites (tertiary alicyclic amines) is 1. The van der Waals surface area contributed by atoms with Gasteiger partial charge in [-0.15, -0.1) is 0 Å². The van der Waals surface area contributed by atoms with Gasteiger partial charge in [0.15, 0.2) is 0 Å². The van der Waals surface area contributed by atoms with Crippen LogP contribution in [-0.4, -0.2) is 56.7 Å². The summed E-state index contributed by atoms with van der Waals surface area (Å²) in [7, 11) is 4.08. The first-order chi connectivity index (χ1) is 11.0. The Balaban J connectivity index is 2.14. The van der Waals surface area contributed by atoms with Crippen LogP contribution in [0.4, 0.5) is 4.39 Å². The third kappa shape index (κ3) is 4.76. The number of amidine groups is 1. The van der Waals surface area contributed by atoms with Crippen LogP contribution in [0.2, 0.25) is 0 Å². The number of rotatable bonds is 3. The summed E-state index contributed by atoms with van der Waals surface area (Å²) in [6, 6.07) is 6.17. The number of ether oxygens (including phenoxy) is 1. The Labute approximate surface area is 136 Å². The van der Waals surface area contributed by atoms with Crippen LogP contribution in [0.3, 0.4) is 0 Å². The average Bonchev–Trinajstić information content (AvgIpc) is 2.54. The maximum Gasteiger partial charge on any atom is 0.295 e. The monoisotopic (exact) mass is 322 g/mol. The second-order valence-electron chi connectivity index (χ2n) is 5.94. The molecule has 0 aliphatic carbocycles. The normalized spacial score (nSPS) is 21.8. The number of nitrogens with one attached hydrogen (secondary N) is 1. The third-order valence-electron chi connectivity index (χ3n) is 4.20. The molecule has 0 spiro atoms. The van der Waals surface area contributed by atoms with E-state index in [0.29, 0.717) is 18.7 Å². The highest BCUT2D eigenvalue weighted by Gasteiger charge is 2.26. The molecule has 0 atom stereocenters. The Morgan fingerprint density at radius 1 is 1.43 bits per heavy atom. The Bertz CT molecular complexity index is 569. The minimum atomic E-state index is -0.488. The average molecular weight is 322 g/mol. The van der Waals surface area contributed by atoms with E-state index in [4.69, 9.17) is 4.74 Å². The number of hydrogen-bond donors (Lipinski definition) is 1. The summed E-state index contributed by atoms with van der Waals surface area (Å²) in [6.07, 6.45) is 2.06. The lowest BCUT2D eigenvalue weighted by molar-refractivity contribution is -0.885. The van der Waals surface area contributed by atoms with Gasteiger partial charge in [0.2, 0.25) is 0 Å². The molecule has 0 radical (unpaired) electrons. The quantitative estimate of drug-likeness (QED) is 0.666. The lowest BCUT2D eigenvalue weighted by atomic mass is 10.0. The van der Waals surface area contributed by atoms with Gasteiger partial charge in [-0.2, -0.15) is 4.99 Å². The van der Waals surface area contributed by atoms with Crippen molar-refractivity contribution < 1.29 is 18.8 Å². The van der Waals surface area contributed by atoms with E-state index < -0.39 is 11.7 Å². The van der Waals surface area contributed by atoms with Crippen molar-refractivity contribution in [2.24, 2.45) is 4.99 Å². The Kier molecular flexibility index (Phi) is 6.10. The molecule has 1 heterocycles. The number of halogens is 1. The van der Waals surface area contributed by atoms with Crippen LogP contribution in [0.15, 0.2) is 29.3 Å². The molecule has 0 aromatic heterocycles. The zero-order valence-electron chi connectivity index (χ0n) is 14.0. The van der Waals surface area contributed by atoms with Crippen molar-refractivity contribution in [1.82, 2.24) is 4.90 Å². The van der Waals surface area contributed by atoms with Crippen LogP contribution >= 0.6 is 0 Å². The Morgan fingerprint density at radius 2 is 2.13 bits per heavy atom. The van der Waals surface area contributed by atoms with Crippen molar-refractivity contribution in [3.8, 4) is 0 Å². The molecule has 1 fully saturated rings. The van der Waals surface area contributed by atoms with Gasteiger partial charge in [0, 0.05) is 31.5 Å². The molecular formula is C17H25FN3O2+. The molecule has 0 unspecified atom stereocenters. The standard InChI is InChI=1S/C17H24FN3O2/c1-4-23-17(21(3)15-8-10-20(2)11-9-15)19-16(22)13-6-5-7-14(18)12-13/h5-7,12,15H,4,8-11H2,1-3H3/p+1. The summed E-state index contributed by atoms with van der Waals surface area (Å²) < 4.78 is 18.8. The number of amides is 1. The van der Waals surface area contributed by atoms with E-state index in [0.717, 1.165) is 25.9 Å². The lowest BCUT2D eigenvalue weighted by Gasteiger charge is -2.34. The van der Waals surface area contributed by atoms with Crippen molar-refractivity contribution in [1.29, 1.82) is 0 Å². The molecule has 1 N–H and O–H groups in total. The number of aliphatic imine (C=N–C) groups is 1. The lowest BCUT2D eigenvalue weighted by Crippen LogP contribution is -3.10. The Morgan fingerprint density at radius 3 is 2.74 bits per heavy atom. The van der Waals surface area contributed by atoms with Gasteiger partial charge >= 0.3 is 0 Å².